The van der Waals surface area contributed by atoms with Crippen molar-refractivity contribution in [1.29, 1.82) is 0 Å². The van der Waals surface area contributed by atoms with E-state index in [9.17, 15) is 19.2 Å². The molecule has 0 aliphatic carbocycles. The van der Waals surface area contributed by atoms with Gasteiger partial charge < -0.3 is 11.1 Å². The van der Waals surface area contributed by atoms with Crippen LogP contribution in [0.4, 0.5) is 10.5 Å². The molecular formula is C17H22N4O4. The van der Waals surface area contributed by atoms with E-state index in [-0.39, 0.29) is 18.0 Å². The monoisotopic (exact) mass is 346 g/mol. The summed E-state index contributed by atoms with van der Waals surface area (Å²) in [6.07, 6.45) is 0.915. The molecular weight excluding hydrogens is 324 g/mol. The van der Waals surface area contributed by atoms with Crippen molar-refractivity contribution in [2.24, 2.45) is 5.73 Å². The number of imide groups is 2. The molecule has 0 bridgehead atoms. The fourth-order valence-corrected chi connectivity index (χ4v) is 2.59. The molecule has 1 aromatic carbocycles. The van der Waals surface area contributed by atoms with E-state index in [0.717, 1.165) is 4.90 Å². The predicted octanol–water partition coefficient (Wildman–Crippen LogP) is 1.42. The Balaban J connectivity index is 2.22. The standard InChI is InChI=1S/C17H22N4O4/c1-17(2,3)21-14(23)12-6-5-11(9-13(12)15(21)24)19-16(25)20(10-22)8-4-7-18/h5-6,9-10H,4,7-8,18H2,1-3H3,(H,19,25). The Morgan fingerprint density at radius 1 is 1.24 bits per heavy atom. The largest absolute Gasteiger partial charge is 0.330 e. The zero-order valence-corrected chi connectivity index (χ0v) is 14.5. The van der Waals surface area contributed by atoms with E-state index in [1.165, 1.54) is 23.1 Å². The lowest BCUT2D eigenvalue weighted by molar-refractivity contribution is -0.115. The zero-order valence-electron chi connectivity index (χ0n) is 14.5. The SMILES string of the molecule is CC(C)(C)N1C(=O)c2ccc(NC(=O)N(C=O)CCCN)cc2C1=O. The molecule has 134 valence electrons. The molecule has 8 heteroatoms. The van der Waals surface area contributed by atoms with Gasteiger partial charge in [0.15, 0.2) is 0 Å². The van der Waals surface area contributed by atoms with Crippen LogP contribution in [0.15, 0.2) is 18.2 Å². The van der Waals surface area contributed by atoms with Gasteiger partial charge >= 0.3 is 6.03 Å². The van der Waals surface area contributed by atoms with Crippen molar-refractivity contribution < 1.29 is 19.2 Å². The number of rotatable bonds is 5. The van der Waals surface area contributed by atoms with E-state index in [4.69, 9.17) is 5.73 Å². The number of nitrogens with two attached hydrogens (primary N) is 1. The molecule has 0 spiro atoms. The normalized spacial score (nSPS) is 13.7. The molecule has 0 atom stereocenters. The maximum atomic E-state index is 12.5. The summed E-state index contributed by atoms with van der Waals surface area (Å²) < 4.78 is 0. The molecule has 1 aliphatic heterocycles. The molecule has 8 nitrogen and oxygen atoms in total. The van der Waals surface area contributed by atoms with Crippen molar-refractivity contribution >= 4 is 29.9 Å². The smallest absolute Gasteiger partial charge is 0.328 e. The molecule has 0 radical (unpaired) electrons. The Morgan fingerprint density at radius 2 is 1.88 bits per heavy atom. The van der Waals surface area contributed by atoms with E-state index in [2.05, 4.69) is 5.32 Å². The quantitative estimate of drug-likeness (QED) is 0.618. The fourth-order valence-electron chi connectivity index (χ4n) is 2.59. The Hall–Kier alpha value is -2.74. The maximum Gasteiger partial charge on any atom is 0.328 e. The average Bonchev–Trinajstić information content (AvgIpc) is 2.79. The van der Waals surface area contributed by atoms with Crippen LogP contribution in [-0.4, -0.2) is 52.7 Å². The van der Waals surface area contributed by atoms with Crippen LogP contribution in [0.25, 0.3) is 0 Å². The first-order valence-electron chi connectivity index (χ1n) is 7.96. The van der Waals surface area contributed by atoms with Gasteiger partial charge in [0.25, 0.3) is 11.8 Å². The summed E-state index contributed by atoms with van der Waals surface area (Å²) in [6.45, 7) is 5.88. The van der Waals surface area contributed by atoms with Gasteiger partial charge in [0.1, 0.15) is 0 Å². The highest BCUT2D eigenvalue weighted by atomic mass is 16.2. The van der Waals surface area contributed by atoms with Gasteiger partial charge in [0, 0.05) is 17.8 Å². The van der Waals surface area contributed by atoms with E-state index >= 15 is 0 Å². The highest BCUT2D eigenvalue weighted by Gasteiger charge is 2.41. The highest BCUT2D eigenvalue weighted by molar-refractivity contribution is 6.22. The van der Waals surface area contributed by atoms with Gasteiger partial charge in [-0.3, -0.25) is 24.2 Å². The third kappa shape index (κ3) is 3.69. The Morgan fingerprint density at radius 3 is 2.44 bits per heavy atom. The molecule has 0 unspecified atom stereocenters. The number of urea groups is 1. The first-order chi connectivity index (χ1) is 11.7. The van der Waals surface area contributed by atoms with E-state index in [1.54, 1.807) is 20.8 Å². The number of fused-ring (bicyclic) bond motifs is 1. The lowest BCUT2D eigenvalue weighted by Crippen LogP contribution is -2.45. The highest BCUT2D eigenvalue weighted by Crippen LogP contribution is 2.30. The van der Waals surface area contributed by atoms with Crippen molar-refractivity contribution in [2.75, 3.05) is 18.4 Å². The number of anilines is 1. The van der Waals surface area contributed by atoms with Crippen LogP contribution in [0.3, 0.4) is 0 Å². The van der Waals surface area contributed by atoms with Gasteiger partial charge in [-0.1, -0.05) is 0 Å². The number of amides is 5. The molecule has 3 N–H and O–H groups in total. The van der Waals surface area contributed by atoms with Gasteiger partial charge in [0.05, 0.1) is 11.1 Å². The Labute approximate surface area is 145 Å². The zero-order chi connectivity index (χ0) is 18.8. The summed E-state index contributed by atoms with van der Waals surface area (Å²) in [5.41, 5.74) is 5.59. The number of benzene rings is 1. The first kappa shape index (κ1) is 18.6. The summed E-state index contributed by atoms with van der Waals surface area (Å²) in [5.74, 6) is -0.762. The van der Waals surface area contributed by atoms with Gasteiger partial charge in [0.2, 0.25) is 6.41 Å². The van der Waals surface area contributed by atoms with Crippen LogP contribution in [0.1, 0.15) is 47.9 Å². The third-order valence-corrected chi connectivity index (χ3v) is 3.80. The topological polar surface area (TPSA) is 113 Å². The van der Waals surface area contributed by atoms with Gasteiger partial charge in [-0.05, 0) is 51.9 Å². The Kier molecular flexibility index (Phi) is 5.22. The molecule has 5 amide bonds. The van der Waals surface area contributed by atoms with E-state index in [0.29, 0.717) is 30.6 Å². The first-order valence-corrected chi connectivity index (χ1v) is 7.96. The predicted molar refractivity (Wildman–Crippen MR) is 92.2 cm³/mol. The van der Waals surface area contributed by atoms with Crippen LogP contribution < -0.4 is 11.1 Å². The van der Waals surface area contributed by atoms with Crippen molar-refractivity contribution in [3.8, 4) is 0 Å². The maximum absolute atomic E-state index is 12.5. The number of carbonyl (C=O) groups is 4. The van der Waals surface area contributed by atoms with Gasteiger partial charge in [-0.25, -0.2) is 4.79 Å². The number of hydrogen-bond acceptors (Lipinski definition) is 5. The van der Waals surface area contributed by atoms with Gasteiger partial charge in [-0.2, -0.15) is 0 Å². The Bertz CT molecular complexity index is 724. The lowest BCUT2D eigenvalue weighted by atomic mass is 10.1. The van der Waals surface area contributed by atoms with Crippen LogP contribution >= 0.6 is 0 Å². The number of nitrogens with one attached hydrogen (secondary N) is 1. The fraction of sp³-hybridized carbons (Fsp3) is 0.412. The minimum Gasteiger partial charge on any atom is -0.330 e. The molecule has 0 saturated heterocycles. The summed E-state index contributed by atoms with van der Waals surface area (Å²) in [7, 11) is 0. The summed E-state index contributed by atoms with van der Waals surface area (Å²) in [5, 5.41) is 2.55. The molecule has 2 rings (SSSR count). The number of carbonyl (C=O) groups excluding carboxylic acids is 4. The summed E-state index contributed by atoms with van der Waals surface area (Å²) in [6, 6.07) is 3.86. The minimum absolute atomic E-state index is 0.200. The molecule has 0 aromatic heterocycles. The van der Waals surface area contributed by atoms with Crippen LogP contribution in [0.2, 0.25) is 0 Å². The van der Waals surface area contributed by atoms with Crippen LogP contribution in [-0.2, 0) is 4.79 Å². The second-order valence-corrected chi connectivity index (χ2v) is 6.75. The molecule has 1 aliphatic rings. The van der Waals surface area contributed by atoms with Crippen molar-refractivity contribution in [3.05, 3.63) is 29.3 Å². The average molecular weight is 346 g/mol. The molecule has 1 aromatic rings. The minimum atomic E-state index is -0.646. The van der Waals surface area contributed by atoms with E-state index in [1.807, 2.05) is 0 Å². The number of nitrogens with zero attached hydrogens (tertiary/aromatic N) is 2. The summed E-state index contributed by atoms with van der Waals surface area (Å²) >= 11 is 0. The summed E-state index contributed by atoms with van der Waals surface area (Å²) in [4.78, 5) is 50.2. The second kappa shape index (κ2) is 7.02. The van der Waals surface area contributed by atoms with E-state index < -0.39 is 17.5 Å². The third-order valence-electron chi connectivity index (χ3n) is 3.80. The number of hydrogen-bond donors (Lipinski definition) is 2. The lowest BCUT2D eigenvalue weighted by Gasteiger charge is -2.29. The van der Waals surface area contributed by atoms with Gasteiger partial charge in [-0.15, -0.1) is 0 Å². The van der Waals surface area contributed by atoms with Crippen LogP contribution in [0.5, 0.6) is 0 Å². The molecule has 0 fully saturated rings. The molecule has 0 saturated carbocycles. The second-order valence-electron chi connectivity index (χ2n) is 6.75. The van der Waals surface area contributed by atoms with Crippen LogP contribution in [0, 0.1) is 0 Å². The molecule has 25 heavy (non-hydrogen) atoms. The van der Waals surface area contributed by atoms with Crippen molar-refractivity contribution in [1.82, 2.24) is 9.80 Å². The van der Waals surface area contributed by atoms with Crippen molar-refractivity contribution in [2.45, 2.75) is 32.7 Å². The molecule has 1 heterocycles. The van der Waals surface area contributed by atoms with Crippen molar-refractivity contribution in [3.63, 3.8) is 0 Å².